The Kier molecular flexibility index (Phi) is 32.3. The molecule has 1 saturated heterocycles. The number of carboxylic acid groups (broad SMARTS) is 4. The Morgan fingerprint density at radius 2 is 1.40 bits per heavy atom. The maximum absolute atomic E-state index is 15.4. The Labute approximate surface area is 542 Å². The summed E-state index contributed by atoms with van der Waals surface area (Å²) >= 11 is 0. The monoisotopic (exact) mass is 1340 g/mol. The lowest BCUT2D eigenvalue weighted by Crippen LogP contribution is -2.67. The number of aliphatic hydroxyl groups excluding tert-OH is 5. The molecule has 8 amide bonds. The van der Waals surface area contributed by atoms with Gasteiger partial charge in [-0.25, -0.2) is 9.59 Å². The number of carbonyl (C=O) groups excluding carboxylic acids is 8. The number of ether oxygens (including phenoxy) is 1. The maximum atomic E-state index is 15.4. The molecule has 4 unspecified atom stereocenters. The normalized spacial score (nSPS) is 21.3. The summed E-state index contributed by atoms with van der Waals surface area (Å²) in [5.41, 5.74) is 18.8. The first kappa shape index (κ1) is 80.3. The van der Waals surface area contributed by atoms with Gasteiger partial charge in [-0.1, -0.05) is 70.3 Å². The first-order valence-electron chi connectivity index (χ1n) is 31.0. The van der Waals surface area contributed by atoms with E-state index in [2.05, 4.69) is 35.0 Å². The quantitative estimate of drug-likeness (QED) is 0.00887. The zero-order chi connectivity index (χ0) is 70.9. The number of likely N-dealkylation sites (tertiary alicyclic amines) is 1. The van der Waals surface area contributed by atoms with Crippen LogP contribution in [0.3, 0.4) is 0 Å². The number of fused-ring (bicyclic) bond motifs is 1. The van der Waals surface area contributed by atoms with E-state index in [-0.39, 0.29) is 24.8 Å². The van der Waals surface area contributed by atoms with Crippen molar-refractivity contribution in [2.75, 3.05) is 40.0 Å². The molecule has 0 aromatic carbocycles. The van der Waals surface area contributed by atoms with Crippen LogP contribution < -0.4 is 54.8 Å². The lowest BCUT2D eigenvalue weighted by molar-refractivity contribution is -0.172. The number of nitrogens with one attached hydrogen (secondary N) is 7. The van der Waals surface area contributed by atoms with E-state index in [0.29, 0.717) is 4.90 Å². The molecule has 3 fully saturated rings. The molecule has 36 nitrogen and oxygen atoms in total. The minimum absolute atomic E-state index is 0.00315. The molecule has 530 valence electrons. The summed E-state index contributed by atoms with van der Waals surface area (Å²) < 4.78 is 6.38. The number of guanidine groups is 1. The lowest BCUT2D eigenvalue weighted by atomic mass is 9.91. The number of hydrogen-bond donors (Lipinski definition) is 20. The highest BCUT2D eigenvalue weighted by molar-refractivity contribution is 5.99. The van der Waals surface area contributed by atoms with Gasteiger partial charge in [-0.3, -0.25) is 64.8 Å². The molecule has 36 heteroatoms. The van der Waals surface area contributed by atoms with Gasteiger partial charge in [0.05, 0.1) is 55.7 Å². The molecule has 0 radical (unpaired) electrons. The smallest absolute Gasteiger partial charge is 0.335 e. The summed E-state index contributed by atoms with van der Waals surface area (Å²) in [4.78, 5) is 163. The summed E-state index contributed by atoms with van der Waals surface area (Å²) in [5.74, 6) is -19.1. The summed E-state index contributed by atoms with van der Waals surface area (Å²) in [6.45, 7) is 0.226. The number of allylic oxidation sites excluding steroid dienone is 3. The van der Waals surface area contributed by atoms with E-state index in [1.807, 2.05) is 16.0 Å². The molecule has 0 aromatic rings. The van der Waals surface area contributed by atoms with Crippen LogP contribution in [0.4, 0.5) is 0 Å². The SMILES string of the molecule is CCCCCC/C=C\CCCCC[C@@H]1C[C@H]1/C=C/C(O)C(=O)N[C@H](C(=O)N(C)[C@@H](CC(=O)O)C(=O)N(CO[C@](C)(CC)[C@H](NC(=O)C(NC(=O)[C@@H](N)CC(=O)O)C(O)C(O)CNC(=N)N)C(=O)NCC(=O)N[C@@H](CO)C(=O)O)[C@]12CC(=O)N(C(N)N)C[C@H]1C2)[C@H](O)C(=O)O. The minimum atomic E-state index is -2.79. The van der Waals surface area contributed by atoms with Crippen molar-refractivity contribution in [3.8, 4) is 0 Å². The van der Waals surface area contributed by atoms with Gasteiger partial charge in [0.15, 0.2) is 18.2 Å². The van der Waals surface area contributed by atoms with Gasteiger partial charge in [-0.2, -0.15) is 0 Å². The Balaban J connectivity index is 2.08. The van der Waals surface area contributed by atoms with Crippen LogP contribution in [-0.2, 0) is 62.3 Å². The number of nitrogens with two attached hydrogens (primary N) is 4. The first-order chi connectivity index (χ1) is 44.1. The maximum Gasteiger partial charge on any atom is 0.335 e. The van der Waals surface area contributed by atoms with Crippen LogP contribution in [-0.4, -0.2) is 256 Å². The van der Waals surface area contributed by atoms with Crippen LogP contribution in [0.2, 0.25) is 0 Å². The third-order valence-electron chi connectivity index (χ3n) is 17.0. The molecule has 2 saturated carbocycles. The number of amides is 8. The van der Waals surface area contributed by atoms with E-state index < -0.39 is 213 Å². The van der Waals surface area contributed by atoms with Crippen molar-refractivity contribution in [1.82, 2.24) is 46.6 Å². The number of carbonyl (C=O) groups is 12. The highest BCUT2D eigenvalue weighted by atomic mass is 16.5. The topological polar surface area (TPSA) is 606 Å². The summed E-state index contributed by atoms with van der Waals surface area (Å²) in [6, 6.07) is -13.3. The van der Waals surface area contributed by atoms with E-state index >= 15 is 4.79 Å². The zero-order valence-corrected chi connectivity index (χ0v) is 53.2. The van der Waals surface area contributed by atoms with Gasteiger partial charge in [0.25, 0.3) is 5.91 Å². The van der Waals surface area contributed by atoms with Crippen LogP contribution in [0.1, 0.15) is 124 Å². The van der Waals surface area contributed by atoms with Crippen LogP contribution in [0.5, 0.6) is 0 Å². The van der Waals surface area contributed by atoms with E-state index in [1.165, 1.54) is 32.6 Å². The number of aliphatic hydroxyl groups is 5. The number of carboxylic acids is 4. The largest absolute Gasteiger partial charge is 0.481 e. The second-order valence-electron chi connectivity index (χ2n) is 24.0. The fourth-order valence-electron chi connectivity index (χ4n) is 10.8. The fourth-order valence-corrected chi connectivity index (χ4v) is 10.8. The molecule has 94 heavy (non-hydrogen) atoms. The molecular formula is C58H96N14O22. The van der Waals surface area contributed by atoms with Crippen LogP contribution in [0, 0.1) is 23.2 Å². The first-order valence-corrected chi connectivity index (χ1v) is 31.0. The average molecular weight is 1340 g/mol. The van der Waals surface area contributed by atoms with E-state index in [4.69, 9.17) is 33.1 Å². The summed E-state index contributed by atoms with van der Waals surface area (Å²) in [7, 11) is 0.826. The third kappa shape index (κ3) is 24.1. The Hall–Kier alpha value is -7.97. The van der Waals surface area contributed by atoms with Crippen molar-refractivity contribution in [2.45, 2.75) is 202 Å². The average Bonchev–Trinajstić information content (AvgIpc) is 1.55. The molecule has 15 atom stereocenters. The predicted octanol–water partition coefficient (Wildman–Crippen LogP) is -5.93. The Morgan fingerprint density at radius 1 is 0.787 bits per heavy atom. The van der Waals surface area contributed by atoms with Gasteiger partial charge < -0.3 is 109 Å². The van der Waals surface area contributed by atoms with Crippen molar-refractivity contribution in [3.05, 3.63) is 24.3 Å². The molecule has 3 aliphatic rings. The number of likely N-dealkylation sites (N-methyl/N-ethyl adjacent to an activating group) is 1. The molecule has 1 aliphatic heterocycles. The number of unbranched alkanes of at least 4 members (excludes halogenated alkanes) is 7. The molecule has 3 rings (SSSR count). The van der Waals surface area contributed by atoms with Crippen molar-refractivity contribution in [1.29, 1.82) is 5.41 Å². The van der Waals surface area contributed by atoms with Crippen LogP contribution >= 0.6 is 0 Å². The van der Waals surface area contributed by atoms with Gasteiger partial charge in [-0.05, 0) is 70.1 Å². The predicted molar refractivity (Wildman–Crippen MR) is 329 cm³/mol. The molecule has 0 aromatic heterocycles. The third-order valence-corrected chi connectivity index (χ3v) is 17.0. The molecular weight excluding hydrogens is 1240 g/mol. The Bertz CT molecular complexity index is 2740. The number of rotatable bonds is 45. The van der Waals surface area contributed by atoms with Crippen molar-refractivity contribution < 1.29 is 108 Å². The Morgan fingerprint density at radius 3 is 1.96 bits per heavy atom. The number of aliphatic carboxylic acids is 4. The van der Waals surface area contributed by atoms with E-state index in [0.717, 1.165) is 74.8 Å². The standard InChI is InChI=1S/C58H96N14O22/c1-5-7-8-9-10-11-12-13-14-15-16-17-30-20-31(30)18-19-36(74)48(85)68-43(45(83)54(92)93)52(89)70(4)35(22-41(80)81)51(88)72(58-23-32(58)27-71(56(62)63)39(77)24-58)29-94-57(3,6-2)46(50(87)64-26-38(76)66-34(28-73)53(90)91)69-49(86)42(44(82)37(75)25-65-55(60)61)67-47(84)33(59)21-40(78)79/h11-12,18-19,30-37,42-46,56,73-75,82-83H,5-10,13-17,20-29,59,62-63H2,1-4H3,(H,64,87)(H,66,76)(H,67,84)(H,68,85)(H,69,86)(H,78,79)(H,80,81)(H,90,91)(H,92,93)(H4,60,61,65)/b12-11-,19-18+/t30-,31-,32-,33+,34+,35+,36?,37?,42?,43+,44?,45+,46-,57-,58-/m1/s1. The highest BCUT2D eigenvalue weighted by Crippen LogP contribution is 2.55. The van der Waals surface area contributed by atoms with Crippen molar-refractivity contribution in [3.63, 3.8) is 0 Å². The number of nitrogens with zero attached hydrogens (tertiary/aromatic N) is 3. The van der Waals surface area contributed by atoms with E-state index in [9.17, 15) is 98.7 Å². The van der Waals surface area contributed by atoms with Gasteiger partial charge in [-0.15, -0.1) is 0 Å². The molecule has 0 spiro atoms. The van der Waals surface area contributed by atoms with Gasteiger partial charge in [0.2, 0.25) is 41.4 Å². The zero-order valence-electron chi connectivity index (χ0n) is 53.2. The lowest BCUT2D eigenvalue weighted by Gasteiger charge is -2.44. The van der Waals surface area contributed by atoms with Crippen molar-refractivity contribution >= 4 is 77.1 Å². The summed E-state index contributed by atoms with van der Waals surface area (Å²) in [6.07, 6.45) is 4.38. The highest BCUT2D eigenvalue weighted by Gasteiger charge is 2.65. The second-order valence-corrected chi connectivity index (χ2v) is 24.0. The van der Waals surface area contributed by atoms with Gasteiger partial charge in [0.1, 0.15) is 49.3 Å². The molecule has 1 heterocycles. The van der Waals surface area contributed by atoms with Crippen LogP contribution in [0.15, 0.2) is 24.3 Å². The fraction of sp³-hybridized carbons (Fsp3) is 0.707. The summed E-state index contributed by atoms with van der Waals surface area (Å²) in [5, 5.41) is 112. The molecule has 2 aliphatic carbocycles. The van der Waals surface area contributed by atoms with Crippen molar-refractivity contribution in [2.24, 2.45) is 40.7 Å². The van der Waals surface area contributed by atoms with Gasteiger partial charge in [0, 0.05) is 26.1 Å². The molecule has 24 N–H and O–H groups in total. The number of piperidine rings is 1. The number of hydrogen-bond acceptors (Lipinski definition) is 22. The van der Waals surface area contributed by atoms with E-state index in [1.54, 1.807) is 6.08 Å². The van der Waals surface area contributed by atoms with Crippen LogP contribution in [0.25, 0.3) is 0 Å². The molecule has 0 bridgehead atoms. The second kappa shape index (κ2) is 37.8. The minimum Gasteiger partial charge on any atom is -0.481 e. The van der Waals surface area contributed by atoms with Gasteiger partial charge >= 0.3 is 23.9 Å².